The molecule has 0 amide bonds. The minimum absolute atomic E-state index is 0.0680. The van der Waals surface area contributed by atoms with Gasteiger partial charge in [-0.3, -0.25) is 4.98 Å². The van der Waals surface area contributed by atoms with Crippen molar-refractivity contribution in [2.75, 3.05) is 7.11 Å². The maximum atomic E-state index is 8.76. The fraction of sp³-hybridized carbons (Fsp3) is 0.0769. The fourth-order valence-electron chi connectivity index (χ4n) is 1.50. The Morgan fingerprint density at radius 1 is 1.32 bits per heavy atom. The van der Waals surface area contributed by atoms with E-state index in [0.29, 0.717) is 5.56 Å². The van der Waals surface area contributed by atoms with Crippen LogP contribution in [-0.2, 0) is 0 Å². The van der Waals surface area contributed by atoms with Crippen LogP contribution < -0.4 is 10.5 Å². The standard InChI is InChI=1S/C13H13N3O2S/c1-18-9-2-4-10(5-3-9)19-12-8-15-7-6-11(12)13(14)16-17/h2-8,17H,1H3,(H2,14,16). The van der Waals surface area contributed by atoms with Crippen LogP contribution in [0.1, 0.15) is 5.56 Å². The van der Waals surface area contributed by atoms with Gasteiger partial charge in [0.15, 0.2) is 5.84 Å². The van der Waals surface area contributed by atoms with E-state index in [4.69, 9.17) is 15.7 Å². The van der Waals surface area contributed by atoms with Crippen LogP contribution in [0.25, 0.3) is 0 Å². The SMILES string of the molecule is COc1ccc(Sc2cnccc2/C(N)=N/O)cc1. The van der Waals surface area contributed by atoms with Crippen molar-refractivity contribution in [3.63, 3.8) is 0 Å². The zero-order valence-corrected chi connectivity index (χ0v) is 11.1. The molecule has 2 rings (SSSR count). The summed E-state index contributed by atoms with van der Waals surface area (Å²) in [6, 6.07) is 9.34. The van der Waals surface area contributed by atoms with E-state index in [1.165, 1.54) is 11.8 Å². The molecule has 6 heteroatoms. The van der Waals surface area contributed by atoms with Gasteiger partial charge in [0.1, 0.15) is 5.75 Å². The van der Waals surface area contributed by atoms with Gasteiger partial charge in [0.25, 0.3) is 0 Å². The molecule has 2 aromatic rings. The second-order valence-corrected chi connectivity index (χ2v) is 4.75. The smallest absolute Gasteiger partial charge is 0.171 e. The van der Waals surface area contributed by atoms with Gasteiger partial charge in [-0.25, -0.2) is 0 Å². The van der Waals surface area contributed by atoms with Gasteiger partial charge in [-0.2, -0.15) is 0 Å². The van der Waals surface area contributed by atoms with Crippen LogP contribution in [0.15, 0.2) is 57.7 Å². The molecule has 0 aliphatic heterocycles. The average molecular weight is 275 g/mol. The summed E-state index contributed by atoms with van der Waals surface area (Å²) in [6.07, 6.45) is 3.29. The Bertz CT molecular complexity index is 585. The van der Waals surface area contributed by atoms with E-state index in [9.17, 15) is 0 Å². The Morgan fingerprint density at radius 2 is 2.05 bits per heavy atom. The molecule has 0 spiro atoms. The molecule has 0 saturated heterocycles. The highest BCUT2D eigenvalue weighted by atomic mass is 32.2. The lowest BCUT2D eigenvalue weighted by molar-refractivity contribution is 0.318. The van der Waals surface area contributed by atoms with Crippen LogP contribution in [0.4, 0.5) is 0 Å². The second-order valence-electron chi connectivity index (χ2n) is 3.63. The molecular formula is C13H13N3O2S. The molecule has 0 aliphatic carbocycles. The molecular weight excluding hydrogens is 262 g/mol. The number of rotatable bonds is 4. The third-order valence-corrected chi connectivity index (χ3v) is 3.51. The lowest BCUT2D eigenvalue weighted by Gasteiger charge is -2.07. The third-order valence-electron chi connectivity index (χ3n) is 2.46. The molecule has 0 fully saturated rings. The summed E-state index contributed by atoms with van der Waals surface area (Å²) >= 11 is 1.49. The molecule has 98 valence electrons. The van der Waals surface area contributed by atoms with E-state index in [2.05, 4.69) is 10.1 Å². The van der Waals surface area contributed by atoms with Crippen LogP contribution >= 0.6 is 11.8 Å². The van der Waals surface area contributed by atoms with E-state index in [1.807, 2.05) is 24.3 Å². The van der Waals surface area contributed by atoms with Crippen LogP contribution in [-0.4, -0.2) is 23.1 Å². The number of hydrogen-bond donors (Lipinski definition) is 2. The molecule has 3 N–H and O–H groups in total. The van der Waals surface area contributed by atoms with Gasteiger partial charge < -0.3 is 15.7 Å². The summed E-state index contributed by atoms with van der Waals surface area (Å²) in [7, 11) is 1.62. The monoisotopic (exact) mass is 275 g/mol. The molecule has 0 radical (unpaired) electrons. The number of oxime groups is 1. The van der Waals surface area contributed by atoms with Gasteiger partial charge in [0, 0.05) is 27.7 Å². The lowest BCUT2D eigenvalue weighted by Crippen LogP contribution is -2.14. The fourth-order valence-corrected chi connectivity index (χ4v) is 2.42. The highest BCUT2D eigenvalue weighted by Gasteiger charge is 2.08. The number of ether oxygens (including phenoxy) is 1. The number of amidine groups is 1. The largest absolute Gasteiger partial charge is 0.497 e. The number of nitrogens with zero attached hydrogens (tertiary/aromatic N) is 2. The summed E-state index contributed by atoms with van der Waals surface area (Å²) in [5.41, 5.74) is 6.28. The first kappa shape index (κ1) is 13.2. The van der Waals surface area contributed by atoms with Crippen molar-refractivity contribution in [3.05, 3.63) is 48.3 Å². The van der Waals surface area contributed by atoms with E-state index >= 15 is 0 Å². The van der Waals surface area contributed by atoms with Crippen LogP contribution in [0.2, 0.25) is 0 Å². The zero-order chi connectivity index (χ0) is 13.7. The summed E-state index contributed by atoms with van der Waals surface area (Å²) in [4.78, 5) is 5.89. The quantitative estimate of drug-likeness (QED) is 0.387. The average Bonchev–Trinajstić information content (AvgIpc) is 2.48. The highest BCUT2D eigenvalue weighted by molar-refractivity contribution is 7.99. The summed E-state index contributed by atoms with van der Waals surface area (Å²) < 4.78 is 5.10. The molecule has 0 aliphatic rings. The molecule has 1 aromatic heterocycles. The van der Waals surface area contributed by atoms with Gasteiger partial charge in [0.2, 0.25) is 0 Å². The van der Waals surface area contributed by atoms with Crippen molar-refractivity contribution in [2.45, 2.75) is 9.79 Å². The Labute approximate surface area is 115 Å². The molecule has 19 heavy (non-hydrogen) atoms. The zero-order valence-electron chi connectivity index (χ0n) is 10.3. The minimum atomic E-state index is 0.0680. The number of methoxy groups -OCH3 is 1. The van der Waals surface area contributed by atoms with Gasteiger partial charge >= 0.3 is 0 Å². The van der Waals surface area contributed by atoms with Gasteiger partial charge in [-0.15, -0.1) is 0 Å². The van der Waals surface area contributed by atoms with Crippen molar-refractivity contribution in [2.24, 2.45) is 10.9 Å². The summed E-state index contributed by atoms with van der Waals surface area (Å²) in [5, 5.41) is 11.8. The summed E-state index contributed by atoms with van der Waals surface area (Å²) in [6.45, 7) is 0. The predicted octanol–water partition coefficient (Wildman–Crippen LogP) is 2.34. The number of hydrogen-bond acceptors (Lipinski definition) is 5. The van der Waals surface area contributed by atoms with E-state index < -0.39 is 0 Å². The van der Waals surface area contributed by atoms with Gasteiger partial charge in [-0.1, -0.05) is 16.9 Å². The Hall–Kier alpha value is -2.21. The second kappa shape index (κ2) is 6.10. The first-order valence-corrected chi connectivity index (χ1v) is 6.30. The van der Waals surface area contributed by atoms with Crippen LogP contribution in [0, 0.1) is 0 Å². The molecule has 0 atom stereocenters. The van der Waals surface area contributed by atoms with E-state index in [1.54, 1.807) is 25.6 Å². The van der Waals surface area contributed by atoms with Crippen molar-refractivity contribution in [3.8, 4) is 5.75 Å². The maximum Gasteiger partial charge on any atom is 0.171 e. The van der Waals surface area contributed by atoms with Crippen molar-refractivity contribution < 1.29 is 9.94 Å². The maximum absolute atomic E-state index is 8.76. The number of pyridine rings is 1. The topological polar surface area (TPSA) is 80.7 Å². The number of aromatic nitrogens is 1. The van der Waals surface area contributed by atoms with E-state index in [-0.39, 0.29) is 5.84 Å². The normalized spacial score (nSPS) is 11.3. The Balaban J connectivity index is 2.27. The van der Waals surface area contributed by atoms with E-state index in [0.717, 1.165) is 15.5 Å². The molecule has 0 unspecified atom stereocenters. The Morgan fingerprint density at radius 3 is 2.68 bits per heavy atom. The molecule has 5 nitrogen and oxygen atoms in total. The summed E-state index contributed by atoms with van der Waals surface area (Å²) in [5.74, 6) is 0.866. The first-order chi connectivity index (χ1) is 9.24. The molecule has 0 bridgehead atoms. The van der Waals surface area contributed by atoms with Crippen molar-refractivity contribution >= 4 is 17.6 Å². The molecule has 0 saturated carbocycles. The number of benzene rings is 1. The third kappa shape index (κ3) is 3.17. The van der Waals surface area contributed by atoms with Crippen molar-refractivity contribution in [1.82, 2.24) is 4.98 Å². The minimum Gasteiger partial charge on any atom is -0.497 e. The Kier molecular flexibility index (Phi) is 4.25. The van der Waals surface area contributed by atoms with Crippen molar-refractivity contribution in [1.29, 1.82) is 0 Å². The first-order valence-electron chi connectivity index (χ1n) is 5.48. The number of nitrogens with two attached hydrogens (primary N) is 1. The molecule has 1 aromatic carbocycles. The van der Waals surface area contributed by atoms with Gasteiger partial charge in [-0.05, 0) is 30.3 Å². The predicted molar refractivity (Wildman–Crippen MR) is 73.9 cm³/mol. The van der Waals surface area contributed by atoms with Gasteiger partial charge in [0.05, 0.1) is 7.11 Å². The lowest BCUT2D eigenvalue weighted by atomic mass is 10.2. The van der Waals surface area contributed by atoms with Crippen LogP contribution in [0.3, 0.4) is 0 Å². The molecule has 1 heterocycles. The highest BCUT2D eigenvalue weighted by Crippen LogP contribution is 2.30. The van der Waals surface area contributed by atoms with Crippen LogP contribution in [0.5, 0.6) is 5.75 Å².